The topological polar surface area (TPSA) is 287 Å². The van der Waals surface area contributed by atoms with Crippen molar-refractivity contribution in [2.24, 2.45) is 46.3 Å². The highest BCUT2D eigenvalue weighted by atomic mass is 16.8. The number of aliphatic hydroxyl groups is 11. The number of hydrogen-bond acceptors (Lipinski definition) is 18. The van der Waals surface area contributed by atoms with E-state index in [2.05, 4.69) is 26.8 Å². The van der Waals surface area contributed by atoms with Crippen LogP contribution in [0, 0.1) is 46.3 Å². The molecule has 4 saturated heterocycles. The van der Waals surface area contributed by atoms with E-state index >= 15 is 0 Å². The summed E-state index contributed by atoms with van der Waals surface area (Å²) in [6.45, 7) is 9.44. The molecule has 0 aromatic carbocycles. The minimum absolute atomic E-state index is 0.00497. The second kappa shape index (κ2) is 18.5. The number of aliphatic hydroxyl groups excluding tert-OH is 10. The molecule has 362 valence electrons. The van der Waals surface area contributed by atoms with Gasteiger partial charge in [0.25, 0.3) is 0 Å². The molecule has 0 aromatic heterocycles. The van der Waals surface area contributed by atoms with Gasteiger partial charge in [0.15, 0.2) is 24.7 Å². The minimum Gasteiger partial charge on any atom is -0.394 e. The SMILES string of the molecule is CC(CCC1(O)OC2CC3C4CCC5=CC(OC6OC(CO)C(O)C(O)C6OC6OC(C)C(O)C(O)C6O)CCC5(C)C4CCC3(C)C2C1C)COC1OC(CO)C(O)C(O)C1O. The fourth-order valence-electron chi connectivity index (χ4n) is 13.5. The molecular weight excluding hydrogens is 828 g/mol. The van der Waals surface area contributed by atoms with Crippen LogP contribution in [0.4, 0.5) is 0 Å². The van der Waals surface area contributed by atoms with Crippen molar-refractivity contribution in [2.45, 2.75) is 203 Å². The van der Waals surface area contributed by atoms with Gasteiger partial charge in [0.1, 0.15) is 67.1 Å². The number of rotatable bonds is 12. The lowest BCUT2D eigenvalue weighted by atomic mass is 9.46. The molecule has 0 bridgehead atoms. The molecule has 4 heterocycles. The first-order valence-corrected chi connectivity index (χ1v) is 23.4. The average Bonchev–Trinajstić information content (AvgIpc) is 3.70. The summed E-state index contributed by atoms with van der Waals surface area (Å²) < 4.78 is 42.0. The quantitative estimate of drug-likeness (QED) is 0.107. The first-order chi connectivity index (χ1) is 29.8. The molecule has 26 atom stereocenters. The molecular formula is C45H74O18. The van der Waals surface area contributed by atoms with Gasteiger partial charge < -0.3 is 89.3 Å². The molecule has 18 nitrogen and oxygen atoms in total. The lowest BCUT2D eigenvalue weighted by molar-refractivity contribution is -0.368. The first-order valence-electron chi connectivity index (χ1n) is 23.4. The van der Waals surface area contributed by atoms with Gasteiger partial charge in [0.05, 0.1) is 38.1 Å². The van der Waals surface area contributed by atoms with E-state index in [0.29, 0.717) is 37.0 Å². The Hall–Kier alpha value is -0.980. The van der Waals surface area contributed by atoms with Crippen LogP contribution in [0.25, 0.3) is 0 Å². The van der Waals surface area contributed by atoms with E-state index in [-0.39, 0.29) is 41.3 Å². The average molecular weight is 903 g/mol. The predicted molar refractivity (Wildman–Crippen MR) is 218 cm³/mol. The van der Waals surface area contributed by atoms with Crippen LogP contribution in [-0.4, -0.2) is 186 Å². The largest absolute Gasteiger partial charge is 0.394 e. The fraction of sp³-hybridized carbons (Fsp3) is 0.956. The second-order valence-corrected chi connectivity index (χ2v) is 21.0. The Balaban J connectivity index is 0.888. The van der Waals surface area contributed by atoms with Crippen molar-refractivity contribution in [3.05, 3.63) is 11.6 Å². The Kier molecular flexibility index (Phi) is 14.2. The smallest absolute Gasteiger partial charge is 0.187 e. The van der Waals surface area contributed by atoms with Crippen molar-refractivity contribution in [1.29, 1.82) is 0 Å². The summed E-state index contributed by atoms with van der Waals surface area (Å²) in [6, 6.07) is 0. The Bertz CT molecular complexity index is 1600. The predicted octanol–water partition coefficient (Wildman–Crippen LogP) is -0.831. The van der Waals surface area contributed by atoms with Gasteiger partial charge in [-0.3, -0.25) is 0 Å². The zero-order valence-corrected chi connectivity index (χ0v) is 37.1. The number of ether oxygens (including phenoxy) is 7. The molecule has 8 aliphatic rings. The number of fused-ring (bicyclic) bond motifs is 7. The summed E-state index contributed by atoms with van der Waals surface area (Å²) in [5.41, 5.74) is 1.24. The monoisotopic (exact) mass is 902 g/mol. The molecule has 7 fully saturated rings. The van der Waals surface area contributed by atoms with Gasteiger partial charge in [-0.05, 0) is 98.7 Å². The first kappa shape index (κ1) is 48.5. The van der Waals surface area contributed by atoms with Crippen LogP contribution in [0.3, 0.4) is 0 Å². The Labute approximate surface area is 369 Å². The lowest BCUT2D eigenvalue weighted by Gasteiger charge is -2.59. The molecule has 63 heavy (non-hydrogen) atoms. The molecule has 4 aliphatic carbocycles. The second-order valence-electron chi connectivity index (χ2n) is 21.0. The van der Waals surface area contributed by atoms with Crippen LogP contribution in [0.1, 0.15) is 92.4 Å². The molecule has 4 aliphatic heterocycles. The maximum absolute atomic E-state index is 12.0. The summed E-state index contributed by atoms with van der Waals surface area (Å²) in [5.74, 6) is 0.118. The van der Waals surface area contributed by atoms with Crippen LogP contribution in [-0.2, 0) is 33.2 Å². The van der Waals surface area contributed by atoms with E-state index in [1.165, 1.54) is 12.5 Å². The number of allylic oxidation sites excluding steroid dienone is 1. The van der Waals surface area contributed by atoms with Crippen LogP contribution in [0.5, 0.6) is 0 Å². The van der Waals surface area contributed by atoms with E-state index in [4.69, 9.17) is 33.2 Å². The summed E-state index contributed by atoms with van der Waals surface area (Å²) in [7, 11) is 0. The normalized spacial score (nSPS) is 55.0. The summed E-state index contributed by atoms with van der Waals surface area (Å²) in [5, 5.41) is 115. The highest BCUT2D eigenvalue weighted by Gasteiger charge is 2.68. The lowest BCUT2D eigenvalue weighted by Crippen LogP contribution is -2.64. The van der Waals surface area contributed by atoms with Crippen molar-refractivity contribution in [2.75, 3.05) is 19.8 Å². The molecule has 26 unspecified atom stereocenters. The van der Waals surface area contributed by atoms with Gasteiger partial charge in [0.2, 0.25) is 0 Å². The van der Waals surface area contributed by atoms with Crippen LogP contribution < -0.4 is 0 Å². The number of hydrogen-bond donors (Lipinski definition) is 11. The van der Waals surface area contributed by atoms with E-state index < -0.39 is 117 Å². The van der Waals surface area contributed by atoms with Gasteiger partial charge >= 0.3 is 0 Å². The zero-order valence-electron chi connectivity index (χ0n) is 37.1. The van der Waals surface area contributed by atoms with Gasteiger partial charge in [-0.2, -0.15) is 0 Å². The summed E-state index contributed by atoms with van der Waals surface area (Å²) >= 11 is 0. The molecule has 8 rings (SSSR count). The van der Waals surface area contributed by atoms with Crippen LogP contribution in [0.15, 0.2) is 11.6 Å². The third-order valence-corrected chi connectivity index (χ3v) is 17.4. The molecule has 11 N–H and O–H groups in total. The summed E-state index contributed by atoms with van der Waals surface area (Å²) in [6.07, 6.45) is -11.5. The molecule has 3 saturated carbocycles. The third kappa shape index (κ3) is 8.51. The summed E-state index contributed by atoms with van der Waals surface area (Å²) in [4.78, 5) is 0. The highest BCUT2D eigenvalue weighted by molar-refractivity contribution is 5.26. The van der Waals surface area contributed by atoms with E-state index in [0.717, 1.165) is 38.5 Å². The Morgan fingerprint density at radius 3 is 2.08 bits per heavy atom. The van der Waals surface area contributed by atoms with Crippen LogP contribution >= 0.6 is 0 Å². The maximum atomic E-state index is 12.0. The minimum atomic E-state index is -1.65. The third-order valence-electron chi connectivity index (χ3n) is 17.4. The molecule has 0 radical (unpaired) electrons. The standard InChI is InChI=1S/C45H74O18/c1-19(18-57-40-37(54)35(52)32(49)28(16-46)60-40)8-13-45(56)20(2)30-27(63-45)15-26-24-7-6-22-14-23(9-11-43(22,4)25(24)10-12-44(26,30)5)59-42-39(36(53)33(50)29(17-47)61-42)62-41-38(55)34(51)31(48)21(3)58-41/h14,19-21,23-42,46-56H,6-13,15-18H2,1-5H3. The van der Waals surface area contributed by atoms with Gasteiger partial charge in [0, 0.05) is 12.3 Å². The molecule has 18 heteroatoms. The van der Waals surface area contributed by atoms with E-state index in [9.17, 15) is 56.2 Å². The van der Waals surface area contributed by atoms with Crippen molar-refractivity contribution in [1.82, 2.24) is 0 Å². The van der Waals surface area contributed by atoms with Crippen molar-refractivity contribution in [3.63, 3.8) is 0 Å². The van der Waals surface area contributed by atoms with E-state index in [1.807, 2.05) is 6.92 Å². The van der Waals surface area contributed by atoms with Gasteiger partial charge in [-0.15, -0.1) is 0 Å². The Morgan fingerprint density at radius 1 is 0.730 bits per heavy atom. The van der Waals surface area contributed by atoms with Gasteiger partial charge in [-0.1, -0.05) is 39.3 Å². The van der Waals surface area contributed by atoms with Crippen molar-refractivity contribution in [3.8, 4) is 0 Å². The zero-order chi connectivity index (χ0) is 45.5. The van der Waals surface area contributed by atoms with E-state index in [1.54, 1.807) is 0 Å². The maximum Gasteiger partial charge on any atom is 0.187 e. The highest BCUT2D eigenvalue weighted by Crippen LogP contribution is 2.70. The Morgan fingerprint density at radius 2 is 1.38 bits per heavy atom. The van der Waals surface area contributed by atoms with Crippen LogP contribution in [0.2, 0.25) is 0 Å². The molecule has 0 aromatic rings. The molecule has 0 spiro atoms. The van der Waals surface area contributed by atoms with Gasteiger partial charge in [-0.25, -0.2) is 0 Å². The fourth-order valence-corrected chi connectivity index (χ4v) is 13.5. The van der Waals surface area contributed by atoms with Crippen molar-refractivity contribution < 1.29 is 89.3 Å². The van der Waals surface area contributed by atoms with Crippen molar-refractivity contribution >= 4 is 0 Å². The molecule has 0 amide bonds.